The molecule has 1 aliphatic heterocycles. The van der Waals surface area contributed by atoms with Crippen LogP contribution in [0.3, 0.4) is 0 Å². The van der Waals surface area contributed by atoms with Gasteiger partial charge in [-0.25, -0.2) is 8.78 Å². The summed E-state index contributed by atoms with van der Waals surface area (Å²) in [6, 6.07) is 0. The van der Waals surface area contributed by atoms with Crippen molar-refractivity contribution in [3.63, 3.8) is 0 Å². The van der Waals surface area contributed by atoms with E-state index in [2.05, 4.69) is 0 Å². The predicted molar refractivity (Wildman–Crippen MR) is 121 cm³/mol. The molecule has 190 valence electrons. The largest absolute Gasteiger partial charge is 0.481 e. The molecule has 1 saturated carbocycles. The maximum atomic E-state index is 14.3. The first-order valence-electron chi connectivity index (χ1n) is 12.2. The number of hydrogen-bond acceptors (Lipinski definition) is 5. The number of ether oxygens (including phenoxy) is 2. The molecular weight excluding hydrogens is 434 g/mol. The number of aliphatic hydroxyl groups is 2. The highest BCUT2D eigenvalue weighted by Crippen LogP contribution is 2.40. The monoisotopic (exact) mass is 474 g/mol. The Morgan fingerprint density at radius 3 is 2.67 bits per heavy atom. The van der Waals surface area contributed by atoms with E-state index in [0.29, 0.717) is 32.3 Å². The van der Waals surface area contributed by atoms with E-state index in [0.717, 1.165) is 25.3 Å². The van der Waals surface area contributed by atoms with Crippen LogP contribution in [0.25, 0.3) is 0 Å². The van der Waals surface area contributed by atoms with E-state index in [9.17, 15) is 23.8 Å². The predicted octanol–water partition coefficient (Wildman–Crippen LogP) is 4.69. The number of carbonyl (C=O) groups is 1. The third-order valence-corrected chi connectivity index (χ3v) is 6.32. The van der Waals surface area contributed by atoms with Gasteiger partial charge in [0.2, 0.25) is 0 Å². The quantitative estimate of drug-likeness (QED) is 0.265. The zero-order chi connectivity index (χ0) is 24.4. The highest BCUT2D eigenvalue weighted by atomic mass is 19.3. The van der Waals surface area contributed by atoms with E-state index in [1.54, 1.807) is 19.9 Å². The van der Waals surface area contributed by atoms with Crippen molar-refractivity contribution >= 4 is 5.97 Å². The lowest BCUT2D eigenvalue weighted by Gasteiger charge is -2.29. The Kier molecular flexibility index (Phi) is 11.4. The van der Waals surface area contributed by atoms with Gasteiger partial charge in [-0.3, -0.25) is 4.79 Å². The fourth-order valence-corrected chi connectivity index (χ4v) is 4.62. The first-order valence-corrected chi connectivity index (χ1v) is 12.2. The molecule has 0 spiro atoms. The van der Waals surface area contributed by atoms with Crippen molar-refractivity contribution in [2.24, 2.45) is 17.8 Å². The van der Waals surface area contributed by atoms with Crippen molar-refractivity contribution in [3.8, 4) is 0 Å². The third-order valence-electron chi connectivity index (χ3n) is 6.32. The van der Waals surface area contributed by atoms with Crippen molar-refractivity contribution in [1.82, 2.24) is 0 Å². The van der Waals surface area contributed by atoms with Gasteiger partial charge in [-0.1, -0.05) is 38.2 Å². The maximum absolute atomic E-state index is 14.3. The number of halogens is 2. The number of rotatable bonds is 13. The molecule has 0 aromatic rings. The zero-order valence-electron chi connectivity index (χ0n) is 19.7. The Balaban J connectivity index is 2.07. The minimum absolute atomic E-state index is 0.0987. The van der Waals surface area contributed by atoms with Gasteiger partial charge in [-0.15, -0.1) is 0 Å². The molecule has 0 aromatic heterocycles. The Labute approximate surface area is 195 Å². The van der Waals surface area contributed by atoms with Crippen molar-refractivity contribution < 1.29 is 38.4 Å². The molecular formula is C25H40F2O6. The number of aliphatic carboxylic acids is 1. The minimum Gasteiger partial charge on any atom is -0.481 e. The zero-order valence-corrected chi connectivity index (χ0v) is 19.7. The molecule has 6 nitrogen and oxygen atoms in total. The van der Waals surface area contributed by atoms with E-state index >= 15 is 0 Å². The number of aliphatic hydroxyl groups excluding tert-OH is 2. The first kappa shape index (κ1) is 27.9. The lowest BCUT2D eigenvalue weighted by atomic mass is 9.89. The second kappa shape index (κ2) is 13.5. The molecule has 1 saturated heterocycles. The summed E-state index contributed by atoms with van der Waals surface area (Å²) >= 11 is 0. The molecule has 2 rings (SSSR count). The molecule has 6 atom stereocenters. The van der Waals surface area contributed by atoms with Gasteiger partial charge < -0.3 is 24.8 Å². The Bertz CT molecular complexity index is 645. The van der Waals surface area contributed by atoms with Crippen LogP contribution in [-0.2, 0) is 14.3 Å². The van der Waals surface area contributed by atoms with Crippen LogP contribution < -0.4 is 0 Å². The molecule has 33 heavy (non-hydrogen) atoms. The summed E-state index contributed by atoms with van der Waals surface area (Å²) in [4.78, 5) is 10.6. The van der Waals surface area contributed by atoms with Gasteiger partial charge in [0, 0.05) is 31.8 Å². The van der Waals surface area contributed by atoms with E-state index < -0.39 is 36.6 Å². The lowest BCUT2D eigenvalue weighted by molar-refractivity contribution is -0.193. The van der Waals surface area contributed by atoms with Gasteiger partial charge in [0.25, 0.3) is 5.92 Å². The second-order valence-electron chi connectivity index (χ2n) is 9.70. The number of unbranched alkanes of at least 4 members (excludes halogenated alkanes) is 1. The standard InChI is InChI=1S/C25H40F2O6/c1-17(2)16-25(26,27)22(29)13-12-19-18(9-5-3-4-6-10-23(30)31)20(28)15-21(19)33-24-11-7-8-14-32-24/h3,5,12-13,17-22,24,28-29H,4,6-11,14-16H2,1-2H3,(H,30,31)/t18-,19-,20+,21-,22?,24?/m1/s1. The Hall–Kier alpha value is -1.35. The van der Waals surface area contributed by atoms with Crippen LogP contribution in [0.1, 0.15) is 71.6 Å². The number of allylic oxidation sites excluding steroid dienone is 2. The summed E-state index contributed by atoms with van der Waals surface area (Å²) in [5.41, 5.74) is 0. The molecule has 1 heterocycles. The first-order chi connectivity index (χ1) is 15.6. The highest BCUT2D eigenvalue weighted by Gasteiger charge is 2.43. The number of hydrogen-bond donors (Lipinski definition) is 3. The topological polar surface area (TPSA) is 96.2 Å². The van der Waals surface area contributed by atoms with Gasteiger partial charge in [-0.2, -0.15) is 0 Å². The second-order valence-corrected chi connectivity index (χ2v) is 9.70. The molecule has 0 radical (unpaired) electrons. The molecule has 8 heteroatoms. The molecule has 0 amide bonds. The number of carboxylic acid groups (broad SMARTS) is 1. The van der Waals surface area contributed by atoms with Crippen LogP contribution in [0.15, 0.2) is 24.3 Å². The summed E-state index contributed by atoms with van der Waals surface area (Å²) in [6.45, 7) is 3.98. The number of alkyl halides is 2. The molecule has 2 aliphatic rings. The Morgan fingerprint density at radius 1 is 1.27 bits per heavy atom. The van der Waals surface area contributed by atoms with E-state index in [4.69, 9.17) is 14.6 Å². The summed E-state index contributed by atoms with van der Waals surface area (Å²) in [7, 11) is 0. The van der Waals surface area contributed by atoms with E-state index in [-0.39, 0.29) is 30.5 Å². The molecule has 1 aliphatic carbocycles. The summed E-state index contributed by atoms with van der Waals surface area (Å²) in [5.74, 6) is -4.92. The molecule has 2 fully saturated rings. The molecule has 2 unspecified atom stereocenters. The van der Waals surface area contributed by atoms with Crippen LogP contribution in [0.5, 0.6) is 0 Å². The summed E-state index contributed by atoms with van der Waals surface area (Å²) < 4.78 is 40.4. The van der Waals surface area contributed by atoms with Crippen molar-refractivity contribution in [2.45, 2.75) is 102 Å². The minimum atomic E-state index is -3.23. The SMILES string of the molecule is CC(C)CC(F)(F)C(O)C=C[C@@H]1[C@@H](CC=CCCCC(=O)O)[C@@H](O)C[C@H]1OC1CCCCO1. The number of carboxylic acids is 1. The smallest absolute Gasteiger partial charge is 0.303 e. The van der Waals surface area contributed by atoms with Gasteiger partial charge in [0.1, 0.15) is 6.10 Å². The maximum Gasteiger partial charge on any atom is 0.303 e. The van der Waals surface area contributed by atoms with Crippen LogP contribution in [0.4, 0.5) is 8.78 Å². The lowest BCUT2D eigenvalue weighted by Crippen LogP contribution is -2.34. The molecule has 0 aromatic carbocycles. The average Bonchev–Trinajstić information content (AvgIpc) is 3.02. The Morgan fingerprint density at radius 2 is 2.03 bits per heavy atom. The van der Waals surface area contributed by atoms with Gasteiger partial charge in [0.15, 0.2) is 6.29 Å². The van der Waals surface area contributed by atoms with Crippen molar-refractivity contribution in [3.05, 3.63) is 24.3 Å². The van der Waals surface area contributed by atoms with Gasteiger partial charge in [0.05, 0.1) is 12.2 Å². The fourth-order valence-electron chi connectivity index (χ4n) is 4.62. The van der Waals surface area contributed by atoms with Crippen molar-refractivity contribution in [2.75, 3.05) is 6.61 Å². The van der Waals surface area contributed by atoms with E-state index in [1.165, 1.54) is 0 Å². The van der Waals surface area contributed by atoms with E-state index in [1.807, 2.05) is 12.2 Å². The normalized spacial score (nSPS) is 30.0. The van der Waals surface area contributed by atoms with Crippen LogP contribution in [0.2, 0.25) is 0 Å². The highest BCUT2D eigenvalue weighted by molar-refractivity contribution is 5.66. The van der Waals surface area contributed by atoms with Gasteiger partial charge >= 0.3 is 5.97 Å². The van der Waals surface area contributed by atoms with Crippen LogP contribution in [0, 0.1) is 17.8 Å². The summed E-state index contributed by atoms with van der Waals surface area (Å²) in [6.07, 6.45) is 7.60. The fraction of sp³-hybridized carbons (Fsp3) is 0.800. The molecule has 3 N–H and O–H groups in total. The van der Waals surface area contributed by atoms with Crippen molar-refractivity contribution in [1.29, 1.82) is 0 Å². The average molecular weight is 475 g/mol. The summed E-state index contributed by atoms with van der Waals surface area (Å²) in [5, 5.41) is 29.6. The molecule has 0 bridgehead atoms. The van der Waals surface area contributed by atoms with Gasteiger partial charge in [-0.05, 0) is 50.4 Å². The van der Waals surface area contributed by atoms with Crippen LogP contribution in [-0.4, -0.2) is 58.4 Å². The van der Waals surface area contributed by atoms with Crippen LogP contribution >= 0.6 is 0 Å². The third kappa shape index (κ3) is 9.43.